The average Bonchev–Trinajstić information content (AvgIpc) is 2.45. The zero-order chi connectivity index (χ0) is 14.7. The van der Waals surface area contributed by atoms with Gasteiger partial charge in [0.2, 0.25) is 5.91 Å². The molecular formula is C15H21N3O2. The molecule has 1 aliphatic heterocycles. The zero-order valence-corrected chi connectivity index (χ0v) is 12.1. The van der Waals surface area contributed by atoms with E-state index in [1.165, 1.54) is 0 Å². The number of anilines is 2. The molecule has 108 valence electrons. The number of hydrogen-bond acceptors (Lipinski definition) is 2. The van der Waals surface area contributed by atoms with Crippen LogP contribution in [0.1, 0.15) is 27.2 Å². The molecule has 2 N–H and O–H groups in total. The number of benzene rings is 1. The normalized spacial score (nSPS) is 19.1. The van der Waals surface area contributed by atoms with Gasteiger partial charge >= 0.3 is 6.03 Å². The largest absolute Gasteiger partial charge is 0.338 e. The van der Waals surface area contributed by atoms with Crippen LogP contribution in [-0.4, -0.2) is 24.5 Å². The molecule has 2 rings (SSSR count). The monoisotopic (exact) mass is 275 g/mol. The first-order chi connectivity index (χ1) is 9.60. The Bertz CT molecular complexity index is 516. The third kappa shape index (κ3) is 2.48. The molecule has 5 heteroatoms. The van der Waals surface area contributed by atoms with Crippen LogP contribution in [0.5, 0.6) is 0 Å². The molecule has 0 spiro atoms. The van der Waals surface area contributed by atoms with Crippen molar-refractivity contribution in [1.29, 1.82) is 0 Å². The maximum absolute atomic E-state index is 12.4. The molecule has 0 unspecified atom stereocenters. The van der Waals surface area contributed by atoms with Gasteiger partial charge in [-0.05, 0) is 25.0 Å². The van der Waals surface area contributed by atoms with Gasteiger partial charge < -0.3 is 10.6 Å². The van der Waals surface area contributed by atoms with Crippen molar-refractivity contribution in [1.82, 2.24) is 5.32 Å². The third-order valence-corrected chi connectivity index (χ3v) is 3.70. The van der Waals surface area contributed by atoms with E-state index >= 15 is 0 Å². The zero-order valence-electron chi connectivity index (χ0n) is 12.1. The molecule has 1 aromatic rings. The highest BCUT2D eigenvalue weighted by Gasteiger charge is 2.39. The lowest BCUT2D eigenvalue weighted by molar-refractivity contribution is -0.118. The van der Waals surface area contributed by atoms with Crippen LogP contribution in [0, 0.1) is 5.92 Å². The van der Waals surface area contributed by atoms with Crippen molar-refractivity contribution >= 4 is 23.3 Å². The van der Waals surface area contributed by atoms with Gasteiger partial charge in [0.05, 0.1) is 11.4 Å². The topological polar surface area (TPSA) is 61.4 Å². The number of rotatable bonds is 3. The van der Waals surface area contributed by atoms with Gasteiger partial charge in [0.1, 0.15) is 6.04 Å². The van der Waals surface area contributed by atoms with E-state index in [9.17, 15) is 9.59 Å². The van der Waals surface area contributed by atoms with Crippen molar-refractivity contribution < 1.29 is 9.59 Å². The van der Waals surface area contributed by atoms with Gasteiger partial charge in [-0.1, -0.05) is 32.4 Å². The molecule has 5 nitrogen and oxygen atoms in total. The van der Waals surface area contributed by atoms with Crippen molar-refractivity contribution in [3.05, 3.63) is 24.3 Å². The Balaban J connectivity index is 2.47. The number of carbonyl (C=O) groups excluding carboxylic acids is 2. The summed E-state index contributed by atoms with van der Waals surface area (Å²) in [6, 6.07) is 6.70. The van der Waals surface area contributed by atoms with E-state index in [4.69, 9.17) is 0 Å². The van der Waals surface area contributed by atoms with Crippen LogP contribution >= 0.6 is 0 Å². The summed E-state index contributed by atoms with van der Waals surface area (Å²) in [4.78, 5) is 26.3. The summed E-state index contributed by atoms with van der Waals surface area (Å²) >= 11 is 0. The highest BCUT2D eigenvalue weighted by Crippen LogP contribution is 2.34. The second kappa shape index (κ2) is 5.94. The lowest BCUT2D eigenvalue weighted by Crippen LogP contribution is -2.56. The first-order valence-electron chi connectivity index (χ1n) is 7.07. The Morgan fingerprint density at radius 2 is 2.10 bits per heavy atom. The first-order valence-corrected chi connectivity index (χ1v) is 7.07. The van der Waals surface area contributed by atoms with Crippen LogP contribution in [0.4, 0.5) is 16.2 Å². The summed E-state index contributed by atoms with van der Waals surface area (Å²) in [5.41, 5.74) is 1.44. The lowest BCUT2D eigenvalue weighted by atomic mass is 9.94. The summed E-state index contributed by atoms with van der Waals surface area (Å²) in [5, 5.41) is 5.68. The quantitative estimate of drug-likeness (QED) is 0.890. The maximum atomic E-state index is 12.4. The fourth-order valence-electron chi connectivity index (χ4n) is 2.47. The van der Waals surface area contributed by atoms with E-state index in [2.05, 4.69) is 10.6 Å². The van der Waals surface area contributed by atoms with Gasteiger partial charge in [-0.3, -0.25) is 9.69 Å². The standard InChI is InChI=1S/C15H21N3O2/c1-4-10(3)13-14(19)17-11-8-6-7-9-12(11)18(13)15(20)16-5-2/h6-10,13H,4-5H2,1-3H3,(H,16,20)(H,17,19)/t10-,13-/m0/s1. The molecule has 0 radical (unpaired) electrons. The summed E-state index contributed by atoms with van der Waals surface area (Å²) in [6.45, 7) is 6.41. The Kier molecular flexibility index (Phi) is 4.27. The molecular weight excluding hydrogens is 254 g/mol. The molecule has 0 saturated carbocycles. The predicted molar refractivity (Wildman–Crippen MR) is 79.9 cm³/mol. The molecule has 0 saturated heterocycles. The molecule has 2 atom stereocenters. The maximum Gasteiger partial charge on any atom is 0.322 e. The Hall–Kier alpha value is -2.04. The van der Waals surface area contributed by atoms with Crippen molar-refractivity contribution in [2.75, 3.05) is 16.8 Å². The average molecular weight is 275 g/mol. The predicted octanol–water partition coefficient (Wildman–Crippen LogP) is 2.59. The van der Waals surface area contributed by atoms with Crippen LogP contribution in [0.25, 0.3) is 0 Å². The minimum Gasteiger partial charge on any atom is -0.338 e. The molecule has 0 bridgehead atoms. The number of amides is 3. The highest BCUT2D eigenvalue weighted by molar-refractivity contribution is 6.11. The van der Waals surface area contributed by atoms with Crippen LogP contribution < -0.4 is 15.5 Å². The smallest absolute Gasteiger partial charge is 0.322 e. The number of carbonyl (C=O) groups is 2. The molecule has 1 aliphatic rings. The Labute approximate surface area is 119 Å². The van der Waals surface area contributed by atoms with Gasteiger partial charge in [-0.2, -0.15) is 0 Å². The number of fused-ring (bicyclic) bond motifs is 1. The molecule has 20 heavy (non-hydrogen) atoms. The summed E-state index contributed by atoms with van der Waals surface area (Å²) in [7, 11) is 0. The SMILES string of the molecule is CCNC(=O)N1c2ccccc2NC(=O)[C@@H]1[C@@H](C)CC. The first kappa shape index (κ1) is 14.4. The van der Waals surface area contributed by atoms with Gasteiger partial charge in [0, 0.05) is 6.54 Å². The Morgan fingerprint density at radius 3 is 2.75 bits per heavy atom. The van der Waals surface area contributed by atoms with Gasteiger partial charge in [0.25, 0.3) is 0 Å². The minimum atomic E-state index is -0.471. The highest BCUT2D eigenvalue weighted by atomic mass is 16.2. The number of urea groups is 1. The summed E-state index contributed by atoms with van der Waals surface area (Å²) in [6.07, 6.45) is 0.830. The molecule has 0 aliphatic carbocycles. The van der Waals surface area contributed by atoms with Crippen LogP contribution in [-0.2, 0) is 4.79 Å². The van der Waals surface area contributed by atoms with Crippen molar-refractivity contribution in [3.8, 4) is 0 Å². The number of hydrogen-bond donors (Lipinski definition) is 2. The molecule has 1 heterocycles. The van der Waals surface area contributed by atoms with E-state index in [1.807, 2.05) is 45.0 Å². The van der Waals surface area contributed by atoms with Crippen molar-refractivity contribution in [2.45, 2.75) is 33.2 Å². The molecule has 3 amide bonds. The van der Waals surface area contributed by atoms with Gasteiger partial charge in [0.15, 0.2) is 0 Å². The molecule has 1 aromatic carbocycles. The van der Waals surface area contributed by atoms with Gasteiger partial charge in [-0.15, -0.1) is 0 Å². The number of nitrogens with zero attached hydrogens (tertiary/aromatic N) is 1. The van der Waals surface area contributed by atoms with Crippen LogP contribution in [0.3, 0.4) is 0 Å². The fourth-order valence-corrected chi connectivity index (χ4v) is 2.47. The van der Waals surface area contributed by atoms with E-state index in [-0.39, 0.29) is 17.9 Å². The van der Waals surface area contributed by atoms with Crippen molar-refractivity contribution in [3.63, 3.8) is 0 Å². The van der Waals surface area contributed by atoms with Gasteiger partial charge in [-0.25, -0.2) is 4.79 Å². The Morgan fingerprint density at radius 1 is 1.40 bits per heavy atom. The molecule has 0 aromatic heterocycles. The van der Waals surface area contributed by atoms with Crippen LogP contribution in [0.15, 0.2) is 24.3 Å². The number of para-hydroxylation sites is 2. The van der Waals surface area contributed by atoms with E-state index < -0.39 is 6.04 Å². The minimum absolute atomic E-state index is 0.0889. The van der Waals surface area contributed by atoms with Crippen molar-refractivity contribution in [2.24, 2.45) is 5.92 Å². The third-order valence-electron chi connectivity index (χ3n) is 3.70. The fraction of sp³-hybridized carbons (Fsp3) is 0.467. The number of nitrogens with one attached hydrogen (secondary N) is 2. The lowest BCUT2D eigenvalue weighted by Gasteiger charge is -2.39. The van der Waals surface area contributed by atoms with E-state index in [0.717, 1.165) is 12.1 Å². The van der Waals surface area contributed by atoms with E-state index in [0.29, 0.717) is 12.2 Å². The second-order valence-electron chi connectivity index (χ2n) is 5.04. The summed E-state index contributed by atoms with van der Waals surface area (Å²) in [5.74, 6) is -0.0322. The molecule has 0 fully saturated rings. The van der Waals surface area contributed by atoms with Crippen LogP contribution in [0.2, 0.25) is 0 Å². The second-order valence-corrected chi connectivity index (χ2v) is 5.04. The van der Waals surface area contributed by atoms with E-state index in [1.54, 1.807) is 4.90 Å². The summed E-state index contributed by atoms with van der Waals surface area (Å²) < 4.78 is 0.